The summed E-state index contributed by atoms with van der Waals surface area (Å²) in [6.45, 7) is 0.966. The Morgan fingerprint density at radius 1 is 1.32 bits per heavy atom. The van der Waals surface area contributed by atoms with Crippen LogP contribution in [0.4, 0.5) is 4.79 Å². The predicted octanol–water partition coefficient (Wildman–Crippen LogP) is 1.82. The van der Waals surface area contributed by atoms with Gasteiger partial charge in [-0.25, -0.2) is 13.2 Å². The molecular weight excluding hydrogens is 290 g/mol. The zero-order valence-corrected chi connectivity index (χ0v) is 11.7. The zero-order valence-electron chi connectivity index (χ0n) is 10.2. The van der Waals surface area contributed by atoms with Gasteiger partial charge >= 0.3 is 6.09 Å². The lowest BCUT2D eigenvalue weighted by atomic mass is 10.0. The molecule has 104 valence electrons. The fourth-order valence-electron chi connectivity index (χ4n) is 1.92. The van der Waals surface area contributed by atoms with Crippen LogP contribution in [-0.2, 0) is 20.4 Å². The number of carbonyl (C=O) groups is 1. The van der Waals surface area contributed by atoms with E-state index in [0.717, 1.165) is 5.56 Å². The van der Waals surface area contributed by atoms with Crippen molar-refractivity contribution in [3.05, 3.63) is 35.9 Å². The van der Waals surface area contributed by atoms with Gasteiger partial charge in [-0.05, 0) is 5.56 Å². The first-order chi connectivity index (χ1) is 8.94. The topological polar surface area (TPSA) is 63.7 Å². The second-order valence-corrected chi connectivity index (χ2v) is 7.34. The summed E-state index contributed by atoms with van der Waals surface area (Å²) in [6, 6.07) is 9.36. The van der Waals surface area contributed by atoms with Gasteiger partial charge in [-0.2, -0.15) is 0 Å². The molecule has 5 nitrogen and oxygen atoms in total. The van der Waals surface area contributed by atoms with Gasteiger partial charge in [0.25, 0.3) is 0 Å². The van der Waals surface area contributed by atoms with Gasteiger partial charge in [-0.15, -0.1) is 0 Å². The Morgan fingerprint density at radius 3 is 2.53 bits per heavy atom. The van der Waals surface area contributed by atoms with Crippen molar-refractivity contribution in [1.82, 2.24) is 4.90 Å². The largest absolute Gasteiger partial charge is 0.445 e. The molecule has 1 aliphatic heterocycles. The van der Waals surface area contributed by atoms with E-state index in [1.807, 2.05) is 30.3 Å². The first-order valence-electron chi connectivity index (χ1n) is 5.82. The number of amides is 1. The second kappa shape index (κ2) is 5.79. The van der Waals surface area contributed by atoms with Gasteiger partial charge in [0, 0.05) is 29.7 Å². The first kappa shape index (κ1) is 14.1. The van der Waals surface area contributed by atoms with Gasteiger partial charge in [-0.1, -0.05) is 30.3 Å². The Bertz CT molecular complexity index is 540. The molecule has 0 aliphatic carbocycles. The summed E-state index contributed by atoms with van der Waals surface area (Å²) in [5.41, 5.74) is 0.913. The van der Waals surface area contributed by atoms with Gasteiger partial charge in [0.2, 0.25) is 9.05 Å². The van der Waals surface area contributed by atoms with E-state index in [-0.39, 0.29) is 18.3 Å². The van der Waals surface area contributed by atoms with Crippen LogP contribution < -0.4 is 0 Å². The Kier molecular flexibility index (Phi) is 4.31. The number of benzene rings is 1. The number of halogens is 1. The number of hydrogen-bond donors (Lipinski definition) is 0. The first-order valence-corrected chi connectivity index (χ1v) is 8.30. The summed E-state index contributed by atoms with van der Waals surface area (Å²) in [7, 11) is 1.65. The van der Waals surface area contributed by atoms with Crippen molar-refractivity contribution in [2.75, 3.05) is 18.8 Å². The SMILES string of the molecule is O=C(OCc1ccccc1)N1CC(CS(=O)(=O)Cl)C1. The average Bonchev–Trinajstić information content (AvgIpc) is 2.30. The highest BCUT2D eigenvalue weighted by molar-refractivity contribution is 8.13. The third-order valence-corrected chi connectivity index (χ3v) is 4.10. The molecule has 1 saturated heterocycles. The number of likely N-dealkylation sites (tertiary alicyclic amines) is 1. The van der Waals surface area contributed by atoms with Crippen molar-refractivity contribution < 1.29 is 17.9 Å². The molecule has 0 saturated carbocycles. The van der Waals surface area contributed by atoms with Crippen LogP contribution in [0.2, 0.25) is 0 Å². The minimum atomic E-state index is -3.50. The molecule has 0 atom stereocenters. The van der Waals surface area contributed by atoms with Crippen LogP contribution in [-0.4, -0.2) is 38.3 Å². The van der Waals surface area contributed by atoms with Crippen molar-refractivity contribution in [1.29, 1.82) is 0 Å². The Morgan fingerprint density at radius 2 is 1.95 bits per heavy atom. The maximum absolute atomic E-state index is 11.6. The quantitative estimate of drug-likeness (QED) is 0.796. The number of hydrogen-bond acceptors (Lipinski definition) is 4. The molecule has 7 heteroatoms. The lowest BCUT2D eigenvalue weighted by molar-refractivity contribution is 0.0550. The number of carbonyl (C=O) groups excluding carboxylic acids is 1. The highest BCUT2D eigenvalue weighted by atomic mass is 35.7. The van der Waals surface area contributed by atoms with Crippen molar-refractivity contribution in [2.45, 2.75) is 6.61 Å². The minimum Gasteiger partial charge on any atom is -0.445 e. The number of rotatable bonds is 4. The maximum Gasteiger partial charge on any atom is 0.410 e. The molecule has 0 aromatic heterocycles. The van der Waals surface area contributed by atoms with Gasteiger partial charge in [0.1, 0.15) is 6.61 Å². The van der Waals surface area contributed by atoms with Crippen LogP contribution in [0.25, 0.3) is 0 Å². The summed E-state index contributed by atoms with van der Waals surface area (Å²) >= 11 is 0. The van der Waals surface area contributed by atoms with E-state index in [9.17, 15) is 13.2 Å². The summed E-state index contributed by atoms with van der Waals surface area (Å²) in [4.78, 5) is 13.1. The Labute approximate surface area is 116 Å². The third-order valence-electron chi connectivity index (χ3n) is 2.86. The summed E-state index contributed by atoms with van der Waals surface area (Å²) in [5, 5.41) is 0. The molecule has 0 bridgehead atoms. The molecule has 1 amide bonds. The summed E-state index contributed by atoms with van der Waals surface area (Å²) in [6.07, 6.45) is -0.424. The van der Waals surface area contributed by atoms with Crippen LogP contribution in [0.3, 0.4) is 0 Å². The molecule has 0 N–H and O–H groups in total. The molecule has 1 fully saturated rings. The van der Waals surface area contributed by atoms with Crippen LogP contribution in [0.5, 0.6) is 0 Å². The van der Waals surface area contributed by atoms with Crippen LogP contribution in [0.1, 0.15) is 5.56 Å². The highest BCUT2D eigenvalue weighted by Gasteiger charge is 2.34. The van der Waals surface area contributed by atoms with E-state index < -0.39 is 15.1 Å². The lowest BCUT2D eigenvalue weighted by Crippen LogP contribution is -2.52. The van der Waals surface area contributed by atoms with E-state index in [1.54, 1.807) is 0 Å². The molecule has 0 spiro atoms. The number of nitrogens with zero attached hydrogens (tertiary/aromatic N) is 1. The summed E-state index contributed by atoms with van der Waals surface area (Å²) in [5.74, 6) is -0.191. The minimum absolute atomic E-state index is 0.0909. The van der Waals surface area contributed by atoms with Gasteiger partial charge in [0.15, 0.2) is 0 Å². The fourth-order valence-corrected chi connectivity index (χ4v) is 3.22. The molecule has 0 radical (unpaired) electrons. The van der Waals surface area contributed by atoms with Crippen molar-refractivity contribution in [3.8, 4) is 0 Å². The van der Waals surface area contributed by atoms with E-state index in [4.69, 9.17) is 15.4 Å². The molecule has 1 aromatic rings. The van der Waals surface area contributed by atoms with E-state index in [2.05, 4.69) is 0 Å². The molecule has 2 rings (SSSR count). The van der Waals surface area contributed by atoms with Crippen LogP contribution in [0, 0.1) is 5.92 Å². The Hall–Kier alpha value is -1.27. The van der Waals surface area contributed by atoms with E-state index >= 15 is 0 Å². The Balaban J connectivity index is 1.72. The molecule has 19 heavy (non-hydrogen) atoms. The lowest BCUT2D eigenvalue weighted by Gasteiger charge is -2.37. The van der Waals surface area contributed by atoms with Crippen molar-refractivity contribution >= 4 is 25.8 Å². The van der Waals surface area contributed by atoms with Crippen molar-refractivity contribution in [2.24, 2.45) is 5.92 Å². The normalized spacial score (nSPS) is 15.9. The highest BCUT2D eigenvalue weighted by Crippen LogP contribution is 2.20. The molecule has 1 aliphatic rings. The zero-order chi connectivity index (χ0) is 13.9. The maximum atomic E-state index is 11.6. The van der Waals surface area contributed by atoms with Crippen LogP contribution >= 0.6 is 10.7 Å². The van der Waals surface area contributed by atoms with Crippen molar-refractivity contribution in [3.63, 3.8) is 0 Å². The van der Waals surface area contributed by atoms with E-state index in [0.29, 0.717) is 13.1 Å². The third kappa shape index (κ3) is 4.40. The molecule has 0 unspecified atom stereocenters. The van der Waals surface area contributed by atoms with Gasteiger partial charge < -0.3 is 9.64 Å². The van der Waals surface area contributed by atoms with Gasteiger partial charge in [0.05, 0.1) is 5.75 Å². The predicted molar refractivity (Wildman–Crippen MR) is 71.3 cm³/mol. The summed E-state index contributed by atoms with van der Waals surface area (Å²) < 4.78 is 26.8. The second-order valence-electron chi connectivity index (χ2n) is 4.52. The monoisotopic (exact) mass is 303 g/mol. The van der Waals surface area contributed by atoms with Gasteiger partial charge in [-0.3, -0.25) is 0 Å². The molecule has 1 aromatic carbocycles. The molecular formula is C12H14ClNO4S. The fraction of sp³-hybridized carbons (Fsp3) is 0.417. The molecule has 1 heterocycles. The average molecular weight is 304 g/mol. The van der Waals surface area contributed by atoms with Crippen LogP contribution in [0.15, 0.2) is 30.3 Å². The smallest absolute Gasteiger partial charge is 0.410 e. The number of ether oxygens (including phenoxy) is 1. The van der Waals surface area contributed by atoms with E-state index in [1.165, 1.54) is 4.90 Å². The standard InChI is InChI=1S/C12H14ClNO4S/c13-19(16,17)9-11-6-14(7-11)12(15)18-8-10-4-2-1-3-5-10/h1-5,11H,6-9H2.